The Balaban J connectivity index is 1.32. The standard InChI is InChI=1S/C45H28N2/c1-2-15-30(16-3-1)41-28-42(35-22-12-17-29-14-4-5-18-31(29)35)47-44(46-41)37-24-13-23-36-34-21-8-11-27-40(34)45(43(36)37)38-25-9-6-19-32(38)33-20-7-10-26-39(33)45/h1-28H. The first-order valence-electron chi connectivity index (χ1n) is 16.2. The van der Waals surface area contributed by atoms with E-state index in [4.69, 9.17) is 9.97 Å². The van der Waals surface area contributed by atoms with Crippen LogP contribution in [0.25, 0.3) is 66.9 Å². The normalized spacial score (nSPS) is 13.3. The van der Waals surface area contributed by atoms with Crippen molar-refractivity contribution in [1.82, 2.24) is 9.97 Å². The molecule has 2 nitrogen and oxygen atoms in total. The molecule has 218 valence electrons. The largest absolute Gasteiger partial charge is 0.228 e. The second kappa shape index (κ2) is 9.94. The maximum atomic E-state index is 5.45. The average Bonchev–Trinajstić information content (AvgIpc) is 3.62. The first-order chi connectivity index (χ1) is 23.3. The summed E-state index contributed by atoms with van der Waals surface area (Å²) in [6.07, 6.45) is 0. The maximum absolute atomic E-state index is 5.45. The van der Waals surface area contributed by atoms with Gasteiger partial charge in [0.1, 0.15) is 0 Å². The lowest BCUT2D eigenvalue weighted by Gasteiger charge is -2.32. The highest BCUT2D eigenvalue weighted by Crippen LogP contribution is 2.64. The number of aromatic nitrogens is 2. The summed E-state index contributed by atoms with van der Waals surface area (Å²) >= 11 is 0. The highest BCUT2D eigenvalue weighted by molar-refractivity contribution is 5.99. The zero-order valence-electron chi connectivity index (χ0n) is 25.6. The highest BCUT2D eigenvalue weighted by Gasteiger charge is 2.52. The SMILES string of the molecule is c1ccc(-c2cc(-c3cccc4ccccc34)nc(-c3cccc4c3C3(c5ccccc5-c5ccccc53)c3ccccc3-4)n2)cc1. The molecule has 0 fully saturated rings. The molecule has 0 radical (unpaired) electrons. The quantitative estimate of drug-likeness (QED) is 0.203. The second-order valence-corrected chi connectivity index (χ2v) is 12.5. The van der Waals surface area contributed by atoms with Crippen LogP contribution < -0.4 is 0 Å². The van der Waals surface area contributed by atoms with Crippen LogP contribution in [0.5, 0.6) is 0 Å². The summed E-state index contributed by atoms with van der Waals surface area (Å²) in [7, 11) is 0. The van der Waals surface area contributed by atoms with E-state index in [1.807, 2.05) is 0 Å². The van der Waals surface area contributed by atoms with Crippen molar-refractivity contribution in [3.8, 4) is 56.2 Å². The summed E-state index contributed by atoms with van der Waals surface area (Å²) in [5.41, 5.74) is 14.9. The minimum Gasteiger partial charge on any atom is -0.228 e. The average molecular weight is 597 g/mol. The monoisotopic (exact) mass is 596 g/mol. The van der Waals surface area contributed by atoms with Crippen LogP contribution >= 0.6 is 0 Å². The Morgan fingerprint density at radius 3 is 1.57 bits per heavy atom. The van der Waals surface area contributed by atoms with Crippen molar-refractivity contribution >= 4 is 10.8 Å². The Morgan fingerprint density at radius 1 is 0.362 bits per heavy atom. The first kappa shape index (κ1) is 26.1. The van der Waals surface area contributed by atoms with Crippen LogP contribution in [-0.2, 0) is 5.41 Å². The summed E-state index contributed by atoms with van der Waals surface area (Å²) in [6.45, 7) is 0. The Labute approximate surface area is 273 Å². The number of hydrogen-bond acceptors (Lipinski definition) is 2. The second-order valence-electron chi connectivity index (χ2n) is 12.5. The molecule has 1 aromatic heterocycles. The fourth-order valence-corrected chi connectivity index (χ4v) is 8.25. The van der Waals surface area contributed by atoms with Gasteiger partial charge in [-0.1, -0.05) is 164 Å². The van der Waals surface area contributed by atoms with E-state index in [2.05, 4.69) is 170 Å². The third-order valence-corrected chi connectivity index (χ3v) is 10.1. The van der Waals surface area contributed by atoms with E-state index in [0.717, 1.165) is 33.9 Å². The van der Waals surface area contributed by atoms with Gasteiger partial charge in [0.15, 0.2) is 5.82 Å². The molecule has 8 aromatic rings. The molecule has 1 heterocycles. The van der Waals surface area contributed by atoms with Gasteiger partial charge >= 0.3 is 0 Å². The fraction of sp³-hybridized carbons (Fsp3) is 0.0222. The van der Waals surface area contributed by atoms with Crippen LogP contribution in [0.2, 0.25) is 0 Å². The van der Waals surface area contributed by atoms with Crippen molar-refractivity contribution in [3.63, 3.8) is 0 Å². The van der Waals surface area contributed by atoms with Gasteiger partial charge in [-0.2, -0.15) is 0 Å². The van der Waals surface area contributed by atoms with Gasteiger partial charge in [-0.3, -0.25) is 0 Å². The molecular weight excluding hydrogens is 569 g/mol. The minimum absolute atomic E-state index is 0.485. The Kier molecular flexibility index (Phi) is 5.53. The molecule has 7 aromatic carbocycles. The van der Waals surface area contributed by atoms with Gasteiger partial charge in [0.25, 0.3) is 0 Å². The predicted molar refractivity (Wildman–Crippen MR) is 192 cm³/mol. The Bertz CT molecular complexity index is 2460. The topological polar surface area (TPSA) is 25.8 Å². The van der Waals surface area contributed by atoms with Gasteiger partial charge in [0.2, 0.25) is 0 Å². The lowest BCUT2D eigenvalue weighted by Crippen LogP contribution is -2.26. The number of nitrogens with zero attached hydrogens (tertiary/aromatic N) is 2. The molecule has 2 aliphatic rings. The van der Waals surface area contributed by atoms with Crippen LogP contribution in [0.3, 0.4) is 0 Å². The van der Waals surface area contributed by atoms with Crippen molar-refractivity contribution < 1.29 is 0 Å². The number of hydrogen-bond donors (Lipinski definition) is 0. The molecule has 0 bridgehead atoms. The predicted octanol–water partition coefficient (Wildman–Crippen LogP) is 11.0. The van der Waals surface area contributed by atoms with Crippen molar-refractivity contribution in [2.75, 3.05) is 0 Å². The molecule has 0 saturated heterocycles. The van der Waals surface area contributed by atoms with Gasteiger partial charge in [-0.05, 0) is 61.3 Å². The molecule has 47 heavy (non-hydrogen) atoms. The molecule has 0 aliphatic heterocycles. The summed E-state index contributed by atoms with van der Waals surface area (Å²) < 4.78 is 0. The van der Waals surface area contributed by atoms with Crippen molar-refractivity contribution in [3.05, 3.63) is 192 Å². The van der Waals surface area contributed by atoms with Crippen LogP contribution in [-0.4, -0.2) is 9.97 Å². The van der Waals surface area contributed by atoms with Crippen molar-refractivity contribution in [2.45, 2.75) is 5.41 Å². The van der Waals surface area contributed by atoms with Gasteiger partial charge in [-0.15, -0.1) is 0 Å². The molecule has 0 N–H and O–H groups in total. The zero-order valence-corrected chi connectivity index (χ0v) is 25.6. The summed E-state index contributed by atoms with van der Waals surface area (Å²) in [4.78, 5) is 10.8. The molecule has 10 rings (SSSR count). The van der Waals surface area contributed by atoms with Gasteiger partial charge in [0, 0.05) is 16.7 Å². The molecule has 0 atom stereocenters. The molecule has 2 heteroatoms. The van der Waals surface area contributed by atoms with Crippen molar-refractivity contribution in [2.24, 2.45) is 0 Å². The molecule has 2 aliphatic carbocycles. The highest BCUT2D eigenvalue weighted by atomic mass is 14.9. The van der Waals surface area contributed by atoms with Gasteiger partial charge in [-0.25, -0.2) is 9.97 Å². The smallest absolute Gasteiger partial charge is 0.160 e. The van der Waals surface area contributed by atoms with E-state index in [1.54, 1.807) is 0 Å². The third-order valence-electron chi connectivity index (χ3n) is 10.1. The maximum Gasteiger partial charge on any atom is 0.160 e. The molecule has 0 saturated carbocycles. The van der Waals surface area contributed by atoms with Crippen LogP contribution in [0, 0.1) is 0 Å². The summed E-state index contributed by atoms with van der Waals surface area (Å²) in [5.74, 6) is 0.736. The number of rotatable bonds is 3. The van der Waals surface area contributed by atoms with E-state index in [1.165, 1.54) is 55.3 Å². The van der Waals surface area contributed by atoms with Crippen LogP contribution in [0.4, 0.5) is 0 Å². The summed E-state index contributed by atoms with van der Waals surface area (Å²) in [5, 5.41) is 2.38. The lowest BCUT2D eigenvalue weighted by molar-refractivity contribution is 0.794. The van der Waals surface area contributed by atoms with Gasteiger partial charge < -0.3 is 0 Å². The molecule has 1 spiro atoms. The minimum atomic E-state index is -0.485. The van der Waals surface area contributed by atoms with E-state index >= 15 is 0 Å². The molecular formula is C45H28N2. The third kappa shape index (κ3) is 3.61. The van der Waals surface area contributed by atoms with Crippen LogP contribution in [0.1, 0.15) is 22.3 Å². The van der Waals surface area contributed by atoms with E-state index in [0.29, 0.717) is 0 Å². The number of benzene rings is 7. The van der Waals surface area contributed by atoms with Gasteiger partial charge in [0.05, 0.1) is 16.8 Å². The lowest BCUT2D eigenvalue weighted by atomic mass is 9.69. The van der Waals surface area contributed by atoms with Crippen molar-refractivity contribution in [1.29, 1.82) is 0 Å². The molecule has 0 unspecified atom stereocenters. The van der Waals surface area contributed by atoms with E-state index in [9.17, 15) is 0 Å². The van der Waals surface area contributed by atoms with E-state index < -0.39 is 5.41 Å². The van der Waals surface area contributed by atoms with E-state index in [-0.39, 0.29) is 0 Å². The number of fused-ring (bicyclic) bond motifs is 11. The Morgan fingerprint density at radius 2 is 0.851 bits per heavy atom. The Hall–Kier alpha value is -6.12. The first-order valence-corrected chi connectivity index (χ1v) is 16.2. The summed E-state index contributed by atoms with van der Waals surface area (Å²) in [6, 6.07) is 61.1. The molecule has 0 amide bonds. The fourth-order valence-electron chi connectivity index (χ4n) is 8.25. The van der Waals surface area contributed by atoms with Crippen LogP contribution in [0.15, 0.2) is 170 Å². The zero-order chi connectivity index (χ0) is 31.0.